The lowest BCUT2D eigenvalue weighted by Gasteiger charge is -2.11. The summed E-state index contributed by atoms with van der Waals surface area (Å²) < 4.78 is 12.6. The van der Waals surface area contributed by atoms with Crippen LogP contribution in [-0.2, 0) is 6.42 Å². The summed E-state index contributed by atoms with van der Waals surface area (Å²) in [5.41, 5.74) is 4.04. The topological polar surface area (TPSA) is 48.3 Å². The van der Waals surface area contributed by atoms with Gasteiger partial charge in [-0.25, -0.2) is 4.68 Å². The Bertz CT molecular complexity index is 919. The van der Waals surface area contributed by atoms with Gasteiger partial charge in [-0.1, -0.05) is 11.6 Å². The van der Waals surface area contributed by atoms with Crippen molar-refractivity contribution >= 4 is 17.4 Å². The fourth-order valence-electron chi connectivity index (χ4n) is 3.16. The number of aromatic nitrogens is 2. The highest BCUT2D eigenvalue weighted by Crippen LogP contribution is 2.37. The van der Waals surface area contributed by atoms with Crippen molar-refractivity contribution in [3.8, 4) is 28.4 Å². The van der Waals surface area contributed by atoms with Crippen LogP contribution >= 0.6 is 11.6 Å². The summed E-state index contributed by atoms with van der Waals surface area (Å²) in [6.45, 7) is 0.888. The highest BCUT2D eigenvalue weighted by molar-refractivity contribution is 6.30. The minimum absolute atomic E-state index is 0.643. The number of nitrogens with zero attached hydrogens (tertiary/aromatic N) is 2. The van der Waals surface area contributed by atoms with E-state index in [2.05, 4.69) is 5.32 Å². The summed E-state index contributed by atoms with van der Waals surface area (Å²) in [4.78, 5) is 0. The third-order valence-electron chi connectivity index (χ3n) is 4.38. The van der Waals surface area contributed by atoms with E-state index in [0.717, 1.165) is 47.2 Å². The summed E-state index contributed by atoms with van der Waals surface area (Å²) >= 11 is 6.20. The zero-order chi connectivity index (χ0) is 17.4. The van der Waals surface area contributed by atoms with Crippen molar-refractivity contribution in [2.45, 2.75) is 6.42 Å². The van der Waals surface area contributed by atoms with Gasteiger partial charge in [-0.05, 0) is 48.9 Å². The number of benzene rings is 2. The molecule has 1 aliphatic heterocycles. The van der Waals surface area contributed by atoms with Crippen LogP contribution in [0.5, 0.6) is 11.5 Å². The maximum absolute atomic E-state index is 6.20. The molecule has 6 heteroatoms. The summed E-state index contributed by atoms with van der Waals surface area (Å²) in [7, 11) is 3.31. The molecule has 25 heavy (non-hydrogen) atoms. The molecule has 0 atom stereocenters. The lowest BCUT2D eigenvalue weighted by molar-refractivity contribution is 0.412. The third kappa shape index (κ3) is 2.70. The first-order chi connectivity index (χ1) is 12.2. The molecule has 2 heterocycles. The van der Waals surface area contributed by atoms with Crippen LogP contribution in [-0.4, -0.2) is 30.5 Å². The number of ether oxygens (including phenoxy) is 2. The number of halogens is 1. The van der Waals surface area contributed by atoms with Crippen LogP contribution in [0.4, 0.5) is 5.82 Å². The summed E-state index contributed by atoms with van der Waals surface area (Å²) in [6.07, 6.45) is 0.930. The van der Waals surface area contributed by atoms with E-state index in [9.17, 15) is 0 Å². The van der Waals surface area contributed by atoms with Gasteiger partial charge in [0.25, 0.3) is 0 Å². The van der Waals surface area contributed by atoms with Gasteiger partial charge in [0.1, 0.15) is 23.0 Å². The van der Waals surface area contributed by atoms with Gasteiger partial charge in [-0.15, -0.1) is 0 Å². The monoisotopic (exact) mass is 355 g/mol. The molecule has 0 bridgehead atoms. The Balaban J connectivity index is 1.87. The van der Waals surface area contributed by atoms with Crippen molar-refractivity contribution < 1.29 is 9.47 Å². The molecular weight excluding hydrogens is 338 g/mol. The Morgan fingerprint density at radius 3 is 2.60 bits per heavy atom. The van der Waals surface area contributed by atoms with Crippen LogP contribution in [0.15, 0.2) is 42.5 Å². The molecule has 3 aromatic rings. The van der Waals surface area contributed by atoms with Crippen molar-refractivity contribution in [1.82, 2.24) is 9.78 Å². The second kappa shape index (κ2) is 6.33. The molecular formula is C19H18ClN3O2. The van der Waals surface area contributed by atoms with Gasteiger partial charge in [0.05, 0.1) is 19.9 Å². The Morgan fingerprint density at radius 1 is 1.08 bits per heavy atom. The predicted octanol–water partition coefficient (Wildman–Crippen LogP) is 4.18. The third-order valence-corrected chi connectivity index (χ3v) is 4.62. The quantitative estimate of drug-likeness (QED) is 0.762. The highest BCUT2D eigenvalue weighted by atomic mass is 35.5. The molecule has 0 unspecified atom stereocenters. The van der Waals surface area contributed by atoms with E-state index in [1.165, 1.54) is 5.56 Å². The number of nitrogens with one attached hydrogen (secondary N) is 1. The zero-order valence-corrected chi connectivity index (χ0v) is 14.8. The molecule has 128 valence electrons. The Hall–Kier alpha value is -2.66. The fraction of sp³-hybridized carbons (Fsp3) is 0.211. The van der Waals surface area contributed by atoms with Crippen molar-refractivity contribution in [2.24, 2.45) is 0 Å². The fourth-order valence-corrected chi connectivity index (χ4v) is 3.32. The second-order valence-electron chi connectivity index (χ2n) is 5.81. The average Bonchev–Trinajstić information content (AvgIpc) is 3.24. The van der Waals surface area contributed by atoms with Gasteiger partial charge in [0, 0.05) is 22.7 Å². The van der Waals surface area contributed by atoms with Crippen LogP contribution in [0.3, 0.4) is 0 Å². The van der Waals surface area contributed by atoms with Crippen LogP contribution in [0, 0.1) is 0 Å². The molecule has 1 N–H and O–H groups in total. The molecule has 0 spiro atoms. The highest BCUT2D eigenvalue weighted by Gasteiger charge is 2.25. The van der Waals surface area contributed by atoms with Crippen LogP contribution in [0.1, 0.15) is 5.56 Å². The summed E-state index contributed by atoms with van der Waals surface area (Å²) in [5.74, 6) is 2.55. The number of hydrogen-bond donors (Lipinski definition) is 1. The molecule has 0 aliphatic carbocycles. The van der Waals surface area contributed by atoms with E-state index in [1.807, 2.05) is 47.1 Å². The SMILES string of the molecule is COc1ccc(-c2nn(-c3cc(Cl)ccc3OC)c3c2CCN3)cc1. The van der Waals surface area contributed by atoms with Gasteiger partial charge in [0.15, 0.2) is 0 Å². The Kier molecular flexibility index (Phi) is 4.01. The first-order valence-corrected chi connectivity index (χ1v) is 8.43. The molecule has 2 aromatic carbocycles. The van der Waals surface area contributed by atoms with Crippen molar-refractivity contribution in [1.29, 1.82) is 0 Å². The molecule has 1 aromatic heterocycles. The minimum atomic E-state index is 0.643. The van der Waals surface area contributed by atoms with Gasteiger partial charge < -0.3 is 14.8 Å². The molecule has 5 nitrogen and oxygen atoms in total. The maximum atomic E-state index is 6.20. The van der Waals surface area contributed by atoms with E-state index in [1.54, 1.807) is 14.2 Å². The average molecular weight is 356 g/mol. The molecule has 4 rings (SSSR count). The van der Waals surface area contributed by atoms with Gasteiger partial charge in [0.2, 0.25) is 0 Å². The lowest BCUT2D eigenvalue weighted by atomic mass is 10.1. The molecule has 1 aliphatic rings. The van der Waals surface area contributed by atoms with Crippen molar-refractivity contribution in [2.75, 3.05) is 26.1 Å². The summed E-state index contributed by atoms with van der Waals surface area (Å²) in [5, 5.41) is 8.92. The molecule has 0 saturated carbocycles. The zero-order valence-electron chi connectivity index (χ0n) is 14.0. The van der Waals surface area contributed by atoms with Crippen molar-refractivity contribution in [3.05, 3.63) is 53.1 Å². The number of fused-ring (bicyclic) bond motifs is 1. The number of rotatable bonds is 4. The Labute approximate surface area is 151 Å². The van der Waals surface area contributed by atoms with E-state index < -0.39 is 0 Å². The Morgan fingerprint density at radius 2 is 1.88 bits per heavy atom. The second-order valence-corrected chi connectivity index (χ2v) is 6.25. The minimum Gasteiger partial charge on any atom is -0.497 e. The summed E-state index contributed by atoms with van der Waals surface area (Å²) in [6, 6.07) is 13.5. The van der Waals surface area contributed by atoms with E-state index in [-0.39, 0.29) is 0 Å². The lowest BCUT2D eigenvalue weighted by Crippen LogP contribution is -2.05. The van der Waals surface area contributed by atoms with Gasteiger partial charge in [-0.3, -0.25) is 0 Å². The van der Waals surface area contributed by atoms with E-state index >= 15 is 0 Å². The van der Waals surface area contributed by atoms with Crippen LogP contribution < -0.4 is 14.8 Å². The van der Waals surface area contributed by atoms with Gasteiger partial charge in [-0.2, -0.15) is 5.10 Å². The standard InChI is InChI=1S/C19H18ClN3O2/c1-24-14-6-3-12(4-7-14)18-15-9-10-21-19(15)23(22-18)16-11-13(20)5-8-17(16)25-2/h3-8,11,21H,9-10H2,1-2H3. The van der Waals surface area contributed by atoms with Gasteiger partial charge >= 0.3 is 0 Å². The van der Waals surface area contributed by atoms with E-state index in [4.69, 9.17) is 26.2 Å². The largest absolute Gasteiger partial charge is 0.497 e. The smallest absolute Gasteiger partial charge is 0.144 e. The molecule has 0 amide bonds. The first-order valence-electron chi connectivity index (χ1n) is 8.05. The van der Waals surface area contributed by atoms with Crippen molar-refractivity contribution in [3.63, 3.8) is 0 Å². The molecule has 0 saturated heterocycles. The number of methoxy groups -OCH3 is 2. The first kappa shape index (κ1) is 15.8. The molecule has 0 radical (unpaired) electrons. The predicted molar refractivity (Wildman–Crippen MR) is 99.3 cm³/mol. The normalized spacial score (nSPS) is 12.6. The number of hydrogen-bond acceptors (Lipinski definition) is 4. The maximum Gasteiger partial charge on any atom is 0.144 e. The molecule has 0 fully saturated rings. The number of anilines is 1. The van der Waals surface area contributed by atoms with Crippen LogP contribution in [0.2, 0.25) is 5.02 Å². The van der Waals surface area contributed by atoms with E-state index in [0.29, 0.717) is 5.02 Å². The van der Waals surface area contributed by atoms with Crippen LogP contribution in [0.25, 0.3) is 16.9 Å².